The van der Waals surface area contributed by atoms with Crippen LogP contribution in [0.4, 0.5) is 5.69 Å². The van der Waals surface area contributed by atoms with Crippen LogP contribution in [0.5, 0.6) is 0 Å². The molecule has 76 valence electrons. The van der Waals surface area contributed by atoms with Crippen LogP contribution in [0.15, 0.2) is 23.0 Å². The van der Waals surface area contributed by atoms with Gasteiger partial charge in [-0.05, 0) is 13.0 Å². The first-order valence-corrected chi connectivity index (χ1v) is 4.23. The summed E-state index contributed by atoms with van der Waals surface area (Å²) in [5, 5.41) is 10.5. The number of H-pyrrole nitrogens is 1. The minimum atomic E-state index is -0.498. The average Bonchev–Trinajstić information content (AvgIpc) is 2.19. The largest absolute Gasteiger partial charge is 0.319 e. The maximum atomic E-state index is 11.2. The van der Waals surface area contributed by atoms with E-state index in [0.717, 1.165) is 0 Å². The van der Waals surface area contributed by atoms with Crippen LogP contribution < -0.4 is 5.56 Å². The average molecular weight is 205 g/mol. The quantitative estimate of drug-likeness (QED) is 0.558. The highest BCUT2D eigenvalue weighted by atomic mass is 16.6. The van der Waals surface area contributed by atoms with Crippen molar-refractivity contribution in [3.8, 4) is 0 Å². The molecule has 0 amide bonds. The summed E-state index contributed by atoms with van der Waals surface area (Å²) in [5.41, 5.74) is 0.887. The first-order valence-electron chi connectivity index (χ1n) is 4.23. The van der Waals surface area contributed by atoms with E-state index in [-0.39, 0.29) is 11.2 Å². The molecular formula is C9H7N3O3. The Morgan fingerprint density at radius 2 is 2.20 bits per heavy atom. The zero-order chi connectivity index (χ0) is 11.0. The van der Waals surface area contributed by atoms with Crippen molar-refractivity contribution in [2.45, 2.75) is 6.92 Å². The van der Waals surface area contributed by atoms with Crippen LogP contribution in [-0.2, 0) is 0 Å². The number of aromatic nitrogens is 2. The number of hydrogen-bond donors (Lipinski definition) is 1. The summed E-state index contributed by atoms with van der Waals surface area (Å²) >= 11 is 0. The zero-order valence-corrected chi connectivity index (χ0v) is 7.85. The van der Waals surface area contributed by atoms with Gasteiger partial charge in [-0.3, -0.25) is 14.9 Å². The molecule has 1 aromatic carbocycles. The molecule has 1 heterocycles. The third kappa shape index (κ3) is 1.56. The fourth-order valence-corrected chi connectivity index (χ4v) is 1.28. The molecule has 2 aromatic rings. The summed E-state index contributed by atoms with van der Waals surface area (Å²) in [5.74, 6) is 0. The summed E-state index contributed by atoms with van der Waals surface area (Å²) in [7, 11) is 0. The molecule has 6 nitrogen and oxygen atoms in total. The maximum absolute atomic E-state index is 11.2. The molecule has 0 radical (unpaired) electrons. The highest BCUT2D eigenvalue weighted by Crippen LogP contribution is 2.16. The highest BCUT2D eigenvalue weighted by Gasteiger charge is 2.07. The molecule has 0 bridgehead atoms. The topological polar surface area (TPSA) is 88.9 Å². The Kier molecular flexibility index (Phi) is 1.96. The van der Waals surface area contributed by atoms with Crippen molar-refractivity contribution in [3.63, 3.8) is 0 Å². The van der Waals surface area contributed by atoms with Gasteiger partial charge in [0.1, 0.15) is 5.69 Å². The van der Waals surface area contributed by atoms with Crippen LogP contribution in [0.1, 0.15) is 5.69 Å². The molecule has 2 rings (SSSR count). The number of fused-ring (bicyclic) bond motifs is 1. The second kappa shape index (κ2) is 3.16. The van der Waals surface area contributed by atoms with Crippen molar-refractivity contribution in [2.24, 2.45) is 0 Å². The van der Waals surface area contributed by atoms with Gasteiger partial charge in [0.15, 0.2) is 0 Å². The Morgan fingerprint density at radius 3 is 2.87 bits per heavy atom. The molecule has 0 atom stereocenters. The van der Waals surface area contributed by atoms with Gasteiger partial charge in [-0.2, -0.15) is 0 Å². The van der Waals surface area contributed by atoms with Crippen LogP contribution in [0, 0.1) is 17.0 Å². The van der Waals surface area contributed by atoms with E-state index in [9.17, 15) is 14.9 Å². The van der Waals surface area contributed by atoms with Gasteiger partial charge in [0.05, 0.1) is 16.0 Å². The Morgan fingerprint density at radius 1 is 1.47 bits per heavy atom. The number of nitrogens with zero attached hydrogens (tertiary/aromatic N) is 2. The molecule has 0 saturated heterocycles. The van der Waals surface area contributed by atoms with E-state index in [1.807, 2.05) is 0 Å². The SMILES string of the molecule is Cc1nc2cc([N+](=O)[O-])ccc2[nH]c1=O. The highest BCUT2D eigenvalue weighted by molar-refractivity contribution is 5.76. The standard InChI is InChI=1S/C9H7N3O3/c1-5-9(13)11-7-3-2-6(12(14)15)4-8(7)10-5/h2-4H,1H3,(H,11,13). The third-order valence-corrected chi connectivity index (χ3v) is 2.06. The second-order valence-corrected chi connectivity index (χ2v) is 3.11. The lowest BCUT2D eigenvalue weighted by atomic mass is 10.2. The number of aryl methyl sites for hydroxylation is 1. The van der Waals surface area contributed by atoms with Crippen molar-refractivity contribution in [1.82, 2.24) is 9.97 Å². The number of nitrogens with one attached hydrogen (secondary N) is 1. The van der Waals surface area contributed by atoms with Crippen LogP contribution in [0.25, 0.3) is 11.0 Å². The number of rotatable bonds is 1. The number of non-ortho nitro benzene ring substituents is 1. The summed E-state index contributed by atoms with van der Waals surface area (Å²) in [4.78, 5) is 27.8. The molecule has 15 heavy (non-hydrogen) atoms. The Balaban J connectivity index is 2.77. The van der Waals surface area contributed by atoms with Crippen molar-refractivity contribution in [1.29, 1.82) is 0 Å². The molecule has 0 fully saturated rings. The van der Waals surface area contributed by atoms with E-state index in [1.165, 1.54) is 18.2 Å². The molecule has 0 aliphatic rings. The van der Waals surface area contributed by atoms with Gasteiger partial charge in [-0.1, -0.05) is 0 Å². The number of hydrogen-bond acceptors (Lipinski definition) is 4. The Bertz CT molecular complexity index is 603. The van der Waals surface area contributed by atoms with Gasteiger partial charge in [0, 0.05) is 12.1 Å². The Hall–Kier alpha value is -2.24. The lowest BCUT2D eigenvalue weighted by Gasteiger charge is -1.98. The van der Waals surface area contributed by atoms with Crippen LogP contribution in [0.2, 0.25) is 0 Å². The number of benzene rings is 1. The van der Waals surface area contributed by atoms with Crippen LogP contribution in [0.3, 0.4) is 0 Å². The lowest BCUT2D eigenvalue weighted by Crippen LogP contribution is -2.11. The third-order valence-electron chi connectivity index (χ3n) is 2.06. The predicted molar refractivity (Wildman–Crippen MR) is 53.8 cm³/mol. The molecule has 1 aromatic heterocycles. The smallest absolute Gasteiger partial charge is 0.271 e. The lowest BCUT2D eigenvalue weighted by molar-refractivity contribution is -0.384. The van der Waals surface area contributed by atoms with Gasteiger partial charge < -0.3 is 4.98 Å². The summed E-state index contributed by atoms with van der Waals surface area (Å²) in [6.45, 7) is 1.55. The number of aromatic amines is 1. The molecule has 6 heteroatoms. The molecule has 1 N–H and O–H groups in total. The molecular weight excluding hydrogens is 198 g/mol. The molecule has 0 saturated carbocycles. The van der Waals surface area contributed by atoms with Crippen molar-refractivity contribution in [2.75, 3.05) is 0 Å². The normalized spacial score (nSPS) is 10.5. The minimum absolute atomic E-state index is 0.0403. The van der Waals surface area contributed by atoms with Crippen molar-refractivity contribution >= 4 is 16.7 Å². The first kappa shape index (κ1) is 9.32. The predicted octanol–water partition coefficient (Wildman–Crippen LogP) is 1.14. The van der Waals surface area contributed by atoms with Crippen LogP contribution in [-0.4, -0.2) is 14.9 Å². The number of nitro groups is 1. The van der Waals surface area contributed by atoms with Gasteiger partial charge in [0.25, 0.3) is 11.2 Å². The molecule has 0 unspecified atom stereocenters. The molecule has 0 aliphatic heterocycles. The molecule has 0 spiro atoms. The monoisotopic (exact) mass is 205 g/mol. The van der Waals surface area contributed by atoms with Gasteiger partial charge >= 0.3 is 0 Å². The van der Waals surface area contributed by atoms with E-state index in [2.05, 4.69) is 9.97 Å². The summed E-state index contributed by atoms with van der Waals surface area (Å²) in [6, 6.07) is 4.13. The van der Waals surface area contributed by atoms with Gasteiger partial charge in [0.2, 0.25) is 0 Å². The van der Waals surface area contributed by atoms with Gasteiger partial charge in [-0.15, -0.1) is 0 Å². The summed E-state index contributed by atoms with van der Waals surface area (Å²) < 4.78 is 0. The van der Waals surface area contributed by atoms with Crippen LogP contribution >= 0.6 is 0 Å². The fourth-order valence-electron chi connectivity index (χ4n) is 1.28. The van der Waals surface area contributed by atoms with E-state index < -0.39 is 4.92 Å². The summed E-state index contributed by atoms with van der Waals surface area (Å²) in [6.07, 6.45) is 0. The fraction of sp³-hybridized carbons (Fsp3) is 0.111. The maximum Gasteiger partial charge on any atom is 0.271 e. The van der Waals surface area contributed by atoms with E-state index >= 15 is 0 Å². The zero-order valence-electron chi connectivity index (χ0n) is 7.85. The first-order chi connectivity index (χ1) is 7.08. The van der Waals surface area contributed by atoms with E-state index in [1.54, 1.807) is 6.92 Å². The second-order valence-electron chi connectivity index (χ2n) is 3.11. The van der Waals surface area contributed by atoms with Crippen molar-refractivity contribution < 1.29 is 4.92 Å². The minimum Gasteiger partial charge on any atom is -0.319 e. The van der Waals surface area contributed by atoms with Gasteiger partial charge in [-0.25, -0.2) is 4.98 Å². The molecule has 0 aliphatic carbocycles. The van der Waals surface area contributed by atoms with E-state index in [0.29, 0.717) is 16.7 Å². The number of nitro benzene ring substituents is 1. The Labute approximate surface area is 83.7 Å². The van der Waals surface area contributed by atoms with E-state index in [4.69, 9.17) is 0 Å². The van der Waals surface area contributed by atoms with Crippen molar-refractivity contribution in [3.05, 3.63) is 44.4 Å².